The van der Waals surface area contributed by atoms with Gasteiger partial charge in [-0.3, -0.25) is 14.8 Å². The van der Waals surface area contributed by atoms with Crippen LogP contribution in [-0.4, -0.2) is 76.2 Å². The van der Waals surface area contributed by atoms with Crippen LogP contribution in [0.2, 0.25) is 0 Å². The van der Waals surface area contributed by atoms with Gasteiger partial charge in [0.1, 0.15) is 43.4 Å². The molecule has 4 aromatic heterocycles. The molecule has 10 aromatic rings. The summed E-state index contributed by atoms with van der Waals surface area (Å²) < 4.78 is 22.8. The normalized spacial score (nSPS) is 11.2. The predicted octanol–water partition coefficient (Wildman–Crippen LogP) is 12.9. The summed E-state index contributed by atoms with van der Waals surface area (Å²) in [7, 11) is 0. The number of carbonyl (C=O) groups excluding carboxylic acids is 5. The topological polar surface area (TPSA) is 247 Å². The second-order valence-corrected chi connectivity index (χ2v) is 21.4. The number of carboxylic acid groups (broad SMARTS) is 1. The Morgan fingerprint density at radius 2 is 0.841 bits per heavy atom. The van der Waals surface area contributed by atoms with Gasteiger partial charge >= 0.3 is 30.1 Å². The van der Waals surface area contributed by atoms with Gasteiger partial charge in [-0.05, 0) is 81.6 Å². The van der Waals surface area contributed by atoms with Crippen LogP contribution in [0.15, 0.2) is 207 Å². The summed E-state index contributed by atoms with van der Waals surface area (Å²) in [5.41, 5.74) is 17.1. The van der Waals surface area contributed by atoms with Gasteiger partial charge in [0.15, 0.2) is 0 Å². The van der Waals surface area contributed by atoms with Crippen molar-refractivity contribution in [2.45, 2.75) is 65.2 Å². The monoisotopic (exact) mass is 1240 g/mol. The zero-order valence-electron chi connectivity index (χ0n) is 48.2. The molecule has 0 aliphatic heterocycles. The molecule has 6 aromatic carbocycles. The molecule has 0 saturated heterocycles. The van der Waals surface area contributed by atoms with Crippen molar-refractivity contribution in [2.75, 3.05) is 13.1 Å². The highest BCUT2D eigenvalue weighted by Gasteiger charge is 2.26. The van der Waals surface area contributed by atoms with Crippen LogP contribution in [0.4, 0.5) is 9.59 Å². The fourth-order valence-corrected chi connectivity index (χ4v) is 10.9. The molecule has 0 spiro atoms. The van der Waals surface area contributed by atoms with Crippen molar-refractivity contribution in [3.63, 3.8) is 0 Å². The van der Waals surface area contributed by atoms with E-state index in [4.69, 9.17) is 29.8 Å². The minimum atomic E-state index is -1.17. The summed E-state index contributed by atoms with van der Waals surface area (Å²) in [6.45, 7) is 4.25. The van der Waals surface area contributed by atoms with Crippen LogP contribution in [0, 0.1) is 0 Å². The van der Waals surface area contributed by atoms with E-state index in [-0.39, 0.29) is 51.9 Å². The molecule has 0 radical (unpaired) electrons. The first kappa shape index (κ1) is 65.7. The summed E-state index contributed by atoms with van der Waals surface area (Å²) >= 11 is 2.61. The molecule has 4 heterocycles. The molecule has 0 aliphatic rings. The Morgan fingerprint density at radius 3 is 1.25 bits per heavy atom. The van der Waals surface area contributed by atoms with E-state index in [1.165, 1.54) is 33.8 Å². The first-order chi connectivity index (χ1) is 42.4. The summed E-state index contributed by atoms with van der Waals surface area (Å²) in [6.07, 6.45) is 3.78. The molecule has 6 N–H and O–H groups in total. The van der Waals surface area contributed by atoms with E-state index in [1.807, 2.05) is 158 Å². The lowest BCUT2D eigenvalue weighted by atomic mass is 9.99. The number of nitrogens with two attached hydrogens (primary N) is 1. The maximum Gasteiger partial charge on any atom is 0.408 e. The molecule has 2 atom stereocenters. The third-order valence-electron chi connectivity index (χ3n) is 13.4. The minimum Gasteiger partial charge on any atom is -0.477 e. The van der Waals surface area contributed by atoms with Crippen molar-refractivity contribution < 1.29 is 52.8 Å². The third-order valence-corrected chi connectivity index (χ3v) is 15.7. The predicted molar refractivity (Wildman–Crippen MR) is 344 cm³/mol. The standard InChI is InChI=1S/C34H31N3O5S.C18H20N2O4.C16H13NO2S.ClH/c1-2-25-15-9-10-16-26(25)27-17-18-35-28-19-30(43-31(27)28)32(38)36-20-29(33(39)41-21-23-11-5-3-6-12-23)37-34(40)42-22-24-13-7-4-8-14-24;19-11-16(17(21)23-12-14-7-3-1-4-8-14)20-18(22)24-13-15-9-5-2-6-10-15;1-2-10-5-3-4-6-11(10)12-7-8-17-13-9-14(16(18)19)20-15(12)13;/h3-19,29H,2,20-22H2,1H3,(H,36,38)(H,37,40);1-10,16H,11-13,19H2,(H,20,22);3-9H,2H2,1H3,(H,18,19);1H/t29-;16-;;/m11../s1. The number of benzene rings is 6. The smallest absolute Gasteiger partial charge is 0.408 e. The fraction of sp³-hybridized carbons (Fsp3) is 0.176. The van der Waals surface area contributed by atoms with Gasteiger partial charge < -0.3 is 45.7 Å². The average Bonchev–Trinajstić information content (AvgIpc) is 3.87. The molecule has 452 valence electrons. The summed E-state index contributed by atoms with van der Waals surface area (Å²) in [5, 5.41) is 16.9. The van der Waals surface area contributed by atoms with Crippen molar-refractivity contribution in [2.24, 2.45) is 5.73 Å². The van der Waals surface area contributed by atoms with Crippen molar-refractivity contribution in [1.29, 1.82) is 0 Å². The second kappa shape index (κ2) is 33.8. The van der Waals surface area contributed by atoms with Crippen LogP contribution in [0.1, 0.15) is 66.6 Å². The number of aromatic nitrogens is 2. The van der Waals surface area contributed by atoms with E-state index < -0.39 is 48.1 Å². The highest BCUT2D eigenvalue weighted by Crippen LogP contribution is 2.37. The number of esters is 2. The Bertz CT molecular complexity index is 3910. The molecule has 0 fully saturated rings. The minimum absolute atomic E-state index is 0. The number of carboxylic acids is 1. The molecule has 17 nitrogen and oxygen atoms in total. The number of hydrogen-bond donors (Lipinski definition) is 5. The van der Waals surface area contributed by atoms with E-state index in [0.29, 0.717) is 15.3 Å². The number of aryl methyl sites for hydroxylation is 2. The zero-order valence-corrected chi connectivity index (χ0v) is 50.6. The van der Waals surface area contributed by atoms with Crippen LogP contribution in [0.5, 0.6) is 0 Å². The van der Waals surface area contributed by atoms with Gasteiger partial charge in [-0.1, -0.05) is 184 Å². The Labute approximate surface area is 523 Å². The zero-order chi connectivity index (χ0) is 61.3. The van der Waals surface area contributed by atoms with E-state index >= 15 is 0 Å². The van der Waals surface area contributed by atoms with Gasteiger partial charge in [0.25, 0.3) is 5.91 Å². The van der Waals surface area contributed by atoms with Gasteiger partial charge in [-0.2, -0.15) is 0 Å². The Morgan fingerprint density at radius 1 is 0.477 bits per heavy atom. The average molecular weight is 1240 g/mol. The van der Waals surface area contributed by atoms with Crippen LogP contribution in [0.3, 0.4) is 0 Å². The number of carbonyl (C=O) groups is 6. The van der Waals surface area contributed by atoms with E-state index in [2.05, 4.69) is 64.0 Å². The number of nitrogens with zero attached hydrogens (tertiary/aromatic N) is 2. The lowest BCUT2D eigenvalue weighted by Gasteiger charge is -2.18. The SMILES string of the molecule is CCc1ccccc1-c1ccnc2cc(C(=O)NC[C@@H](NC(=O)OCc3ccccc3)C(=O)OCc3ccccc3)sc12.CCc1ccccc1-c1ccnc2cc(C(=O)O)sc12.Cl.NC[C@@H](NC(=O)OCc1ccccc1)C(=O)OCc1ccccc1. The third kappa shape index (κ3) is 18.9. The van der Waals surface area contributed by atoms with Gasteiger partial charge in [-0.15, -0.1) is 35.1 Å². The number of aromatic carboxylic acids is 1. The fourth-order valence-electron chi connectivity index (χ4n) is 8.86. The van der Waals surface area contributed by atoms with Crippen LogP contribution < -0.4 is 21.7 Å². The molecule has 0 aliphatic carbocycles. The maximum atomic E-state index is 13.3. The molecule has 20 heteroatoms. The number of pyridine rings is 2. The van der Waals surface area contributed by atoms with Crippen molar-refractivity contribution in [1.82, 2.24) is 25.9 Å². The first-order valence-electron chi connectivity index (χ1n) is 27.9. The number of fused-ring (bicyclic) bond motifs is 2. The van der Waals surface area contributed by atoms with Gasteiger partial charge in [0, 0.05) is 36.6 Å². The van der Waals surface area contributed by atoms with Crippen LogP contribution >= 0.6 is 35.1 Å². The summed E-state index contributed by atoms with van der Waals surface area (Å²) in [6, 6.07) is 58.4. The number of ether oxygens (including phenoxy) is 4. The first-order valence-corrected chi connectivity index (χ1v) is 29.5. The number of alkyl carbamates (subject to hydrolysis) is 2. The van der Waals surface area contributed by atoms with Crippen LogP contribution in [0.25, 0.3) is 42.7 Å². The maximum absolute atomic E-state index is 13.3. The lowest BCUT2D eigenvalue weighted by molar-refractivity contribution is -0.148. The van der Waals surface area contributed by atoms with E-state index in [9.17, 15) is 28.8 Å². The number of thiophene rings is 2. The molecule has 0 saturated carbocycles. The Kier molecular flexibility index (Phi) is 25.2. The van der Waals surface area contributed by atoms with Crippen molar-refractivity contribution in [3.05, 3.63) is 250 Å². The molecule has 0 unspecified atom stereocenters. The molecular weight excluding hydrogens is 1180 g/mol. The highest BCUT2D eigenvalue weighted by atomic mass is 35.5. The number of amides is 3. The molecule has 0 bridgehead atoms. The molecule has 88 heavy (non-hydrogen) atoms. The van der Waals surface area contributed by atoms with E-state index in [0.717, 1.165) is 72.3 Å². The number of hydrogen-bond acceptors (Lipinski definition) is 15. The Balaban J connectivity index is 0.000000207. The van der Waals surface area contributed by atoms with Crippen molar-refractivity contribution in [3.8, 4) is 22.3 Å². The Hall–Kier alpha value is -9.79. The van der Waals surface area contributed by atoms with Gasteiger partial charge in [0.05, 0.1) is 25.3 Å². The summed E-state index contributed by atoms with van der Waals surface area (Å²) in [4.78, 5) is 83.3. The highest BCUT2D eigenvalue weighted by molar-refractivity contribution is 7.21. The molecule has 3 amide bonds. The second-order valence-electron chi connectivity index (χ2n) is 19.3. The molecular formula is C68H65ClN6O11S2. The van der Waals surface area contributed by atoms with Crippen LogP contribution in [-0.2, 0) is 67.8 Å². The molecule has 10 rings (SSSR count). The van der Waals surface area contributed by atoms with Gasteiger partial charge in [-0.25, -0.2) is 24.0 Å². The lowest BCUT2D eigenvalue weighted by Crippen LogP contribution is -2.49. The number of rotatable bonds is 21. The number of nitrogens with one attached hydrogen (secondary N) is 3. The van der Waals surface area contributed by atoms with Gasteiger partial charge in [0.2, 0.25) is 0 Å². The van der Waals surface area contributed by atoms with E-state index in [1.54, 1.807) is 24.5 Å². The number of halogens is 1. The largest absolute Gasteiger partial charge is 0.477 e. The quantitative estimate of drug-likeness (QED) is 0.0332. The van der Waals surface area contributed by atoms with Crippen molar-refractivity contribution >= 4 is 91.5 Å². The summed E-state index contributed by atoms with van der Waals surface area (Å²) in [5.74, 6) is -2.59.